The molecule has 0 atom stereocenters. The third-order valence-electron chi connectivity index (χ3n) is 6.75. The van der Waals surface area contributed by atoms with Gasteiger partial charge in [0.1, 0.15) is 0 Å². The first-order chi connectivity index (χ1) is 16.9. The second-order valence-corrected chi connectivity index (χ2v) is 12.0. The van der Waals surface area contributed by atoms with E-state index in [0.29, 0.717) is 24.6 Å². The lowest BCUT2D eigenvalue weighted by Gasteiger charge is -2.30. The zero-order valence-electron chi connectivity index (χ0n) is 20.5. The van der Waals surface area contributed by atoms with Gasteiger partial charge in [0.25, 0.3) is 5.91 Å². The van der Waals surface area contributed by atoms with Crippen LogP contribution in [0.25, 0.3) is 0 Å². The van der Waals surface area contributed by atoms with Crippen molar-refractivity contribution in [3.8, 4) is 0 Å². The Labute approximate surface area is 213 Å². The summed E-state index contributed by atoms with van der Waals surface area (Å²) in [4.78, 5) is 18.3. The first-order valence-corrected chi connectivity index (χ1v) is 14.9. The van der Waals surface area contributed by atoms with Crippen LogP contribution in [-0.2, 0) is 27.8 Å². The lowest BCUT2D eigenvalue weighted by molar-refractivity contribution is 0.0342. The molecule has 0 aromatic heterocycles. The number of hydrogen-bond donors (Lipinski definition) is 1. The molecule has 0 unspecified atom stereocenters. The van der Waals surface area contributed by atoms with E-state index in [4.69, 9.17) is 4.74 Å². The molecule has 2 aliphatic heterocycles. The van der Waals surface area contributed by atoms with Crippen molar-refractivity contribution in [2.24, 2.45) is 5.92 Å². The molecule has 0 radical (unpaired) electrons. The third kappa shape index (κ3) is 6.86. The van der Waals surface area contributed by atoms with Crippen molar-refractivity contribution < 1.29 is 17.9 Å². The average molecular weight is 518 g/mol. The summed E-state index contributed by atoms with van der Waals surface area (Å²) < 4.78 is 34.4. The smallest absolute Gasteiger partial charge is 0.255 e. The molecule has 2 fully saturated rings. The molecule has 0 spiro atoms. The van der Waals surface area contributed by atoms with Gasteiger partial charge in [-0.2, -0.15) is 0 Å². The Hall–Kier alpha value is -1.91. The minimum Gasteiger partial charge on any atom is -0.379 e. The van der Waals surface area contributed by atoms with Crippen LogP contribution in [0.5, 0.6) is 0 Å². The number of carbonyl (C=O) groups is 1. The highest BCUT2D eigenvalue weighted by Crippen LogP contribution is 2.27. The van der Waals surface area contributed by atoms with Crippen molar-refractivity contribution in [1.29, 1.82) is 0 Å². The average Bonchev–Trinajstić information content (AvgIpc) is 2.88. The van der Waals surface area contributed by atoms with E-state index in [1.807, 2.05) is 29.4 Å². The van der Waals surface area contributed by atoms with Gasteiger partial charge >= 0.3 is 0 Å². The van der Waals surface area contributed by atoms with Crippen LogP contribution in [-0.4, -0.2) is 69.8 Å². The lowest BCUT2D eigenvalue weighted by atomic mass is 9.98. The van der Waals surface area contributed by atoms with E-state index in [1.54, 1.807) is 12.1 Å². The predicted octanol–water partition coefficient (Wildman–Crippen LogP) is 3.59. The number of thioether (sulfide) groups is 1. The highest BCUT2D eigenvalue weighted by molar-refractivity contribution is 7.98. The maximum absolute atomic E-state index is 13.2. The van der Waals surface area contributed by atoms with Crippen LogP contribution in [0.3, 0.4) is 0 Å². The summed E-state index contributed by atoms with van der Waals surface area (Å²) >= 11 is 1.46. The molecule has 35 heavy (non-hydrogen) atoms. The fourth-order valence-corrected chi connectivity index (χ4v) is 6.13. The number of amides is 1. The van der Waals surface area contributed by atoms with E-state index in [9.17, 15) is 13.2 Å². The number of rotatable bonds is 8. The van der Waals surface area contributed by atoms with Crippen molar-refractivity contribution in [1.82, 2.24) is 14.5 Å². The van der Waals surface area contributed by atoms with Gasteiger partial charge in [0.2, 0.25) is 10.0 Å². The molecule has 7 nitrogen and oxygen atoms in total. The molecule has 2 saturated heterocycles. The van der Waals surface area contributed by atoms with E-state index >= 15 is 0 Å². The lowest BCUT2D eigenvalue weighted by Crippen LogP contribution is -2.38. The minimum absolute atomic E-state index is 0.0888. The van der Waals surface area contributed by atoms with E-state index < -0.39 is 10.0 Å². The molecule has 0 aliphatic carbocycles. The van der Waals surface area contributed by atoms with Crippen molar-refractivity contribution in [2.45, 2.75) is 42.6 Å². The number of nitrogens with one attached hydrogen (secondary N) is 1. The van der Waals surface area contributed by atoms with Crippen molar-refractivity contribution >= 4 is 27.7 Å². The molecule has 2 aliphatic rings. The second-order valence-electron chi connectivity index (χ2n) is 9.37. The molecule has 4 rings (SSSR count). The summed E-state index contributed by atoms with van der Waals surface area (Å²) in [5, 5.41) is 0. The topological polar surface area (TPSA) is 79.0 Å². The molecule has 1 amide bonds. The summed E-state index contributed by atoms with van der Waals surface area (Å²) in [6.07, 6.45) is 3.86. The van der Waals surface area contributed by atoms with Gasteiger partial charge in [-0.25, -0.2) is 13.1 Å². The fraction of sp³-hybridized carbons (Fsp3) is 0.500. The van der Waals surface area contributed by atoms with Crippen LogP contribution in [0.4, 0.5) is 0 Å². The number of nitrogens with zero attached hydrogens (tertiary/aromatic N) is 2. The summed E-state index contributed by atoms with van der Waals surface area (Å²) in [7, 11) is -3.78. The number of hydrogen-bond acceptors (Lipinski definition) is 6. The summed E-state index contributed by atoms with van der Waals surface area (Å²) in [5.74, 6) is 0.525. The molecule has 190 valence electrons. The number of morpholine rings is 1. The molecular weight excluding hydrogens is 482 g/mol. The van der Waals surface area contributed by atoms with Crippen LogP contribution >= 0.6 is 11.8 Å². The number of benzene rings is 2. The Morgan fingerprint density at radius 3 is 2.49 bits per heavy atom. The van der Waals surface area contributed by atoms with Crippen LogP contribution in [0.15, 0.2) is 52.3 Å². The Morgan fingerprint density at radius 1 is 1.06 bits per heavy atom. The SMILES string of the molecule is CSc1ccc(S(=O)(=O)NCc2cccc(CN3CCOCC3)c2)cc1C(=O)N1CCC(C)CC1. The van der Waals surface area contributed by atoms with Gasteiger partial charge in [-0.3, -0.25) is 9.69 Å². The number of piperidine rings is 1. The standard InChI is InChI=1S/C26H35N3O4S2/c1-20-8-10-29(11-9-20)26(30)24-17-23(6-7-25(24)34-2)35(31,32)27-18-21-4-3-5-22(16-21)19-28-12-14-33-15-13-28/h3-7,16-17,20,27H,8-15,18-19H2,1-2H3. The van der Waals surface area contributed by atoms with E-state index in [-0.39, 0.29) is 17.3 Å². The zero-order chi connectivity index (χ0) is 24.8. The Bertz CT molecular complexity index is 1130. The molecule has 0 bridgehead atoms. The maximum Gasteiger partial charge on any atom is 0.255 e. The summed E-state index contributed by atoms with van der Waals surface area (Å²) in [5.41, 5.74) is 2.51. The molecule has 2 aromatic carbocycles. The van der Waals surface area contributed by atoms with Gasteiger partial charge in [0, 0.05) is 44.2 Å². The van der Waals surface area contributed by atoms with Crippen LogP contribution < -0.4 is 4.72 Å². The maximum atomic E-state index is 13.2. The van der Waals surface area contributed by atoms with Crippen LogP contribution in [0.1, 0.15) is 41.3 Å². The quantitative estimate of drug-likeness (QED) is 0.539. The first-order valence-electron chi connectivity index (χ1n) is 12.2. The Kier molecular flexibility index (Phi) is 8.88. The van der Waals surface area contributed by atoms with E-state index in [2.05, 4.69) is 22.6 Å². The van der Waals surface area contributed by atoms with Gasteiger partial charge in [0.15, 0.2) is 0 Å². The fourth-order valence-electron chi connectivity index (χ4n) is 4.52. The van der Waals surface area contributed by atoms with Gasteiger partial charge in [-0.05, 0) is 54.3 Å². The van der Waals surface area contributed by atoms with Gasteiger partial charge in [-0.15, -0.1) is 11.8 Å². The summed E-state index contributed by atoms with van der Waals surface area (Å²) in [6, 6.07) is 12.8. The predicted molar refractivity (Wildman–Crippen MR) is 139 cm³/mol. The number of likely N-dealkylation sites (tertiary alicyclic amines) is 1. The molecular formula is C26H35N3O4S2. The van der Waals surface area contributed by atoms with Crippen LogP contribution in [0.2, 0.25) is 0 Å². The van der Waals surface area contributed by atoms with Gasteiger partial charge < -0.3 is 9.64 Å². The number of ether oxygens (including phenoxy) is 1. The number of carbonyl (C=O) groups excluding carboxylic acids is 1. The normalized spacial score (nSPS) is 18.1. The first kappa shape index (κ1) is 26.2. The monoisotopic (exact) mass is 517 g/mol. The minimum atomic E-state index is -3.78. The second kappa shape index (κ2) is 11.9. The largest absolute Gasteiger partial charge is 0.379 e. The highest BCUT2D eigenvalue weighted by Gasteiger charge is 2.25. The van der Waals surface area contributed by atoms with Gasteiger partial charge in [-0.1, -0.05) is 31.2 Å². The molecule has 2 aromatic rings. The van der Waals surface area contributed by atoms with Crippen molar-refractivity contribution in [3.63, 3.8) is 0 Å². The Morgan fingerprint density at radius 2 is 1.77 bits per heavy atom. The molecule has 0 saturated carbocycles. The van der Waals surface area contributed by atoms with Crippen molar-refractivity contribution in [3.05, 3.63) is 59.2 Å². The van der Waals surface area contributed by atoms with Crippen LogP contribution in [0, 0.1) is 5.92 Å². The van der Waals surface area contributed by atoms with Gasteiger partial charge in [0.05, 0.1) is 23.7 Å². The molecule has 1 N–H and O–H groups in total. The van der Waals surface area contributed by atoms with E-state index in [0.717, 1.165) is 61.7 Å². The summed E-state index contributed by atoms with van der Waals surface area (Å²) in [6.45, 7) is 7.94. The Balaban J connectivity index is 1.45. The number of sulfonamides is 1. The molecule has 2 heterocycles. The van der Waals surface area contributed by atoms with Crippen molar-refractivity contribution in [2.75, 3.05) is 45.6 Å². The molecule has 9 heteroatoms. The van der Waals surface area contributed by atoms with E-state index in [1.165, 1.54) is 17.8 Å². The zero-order valence-corrected chi connectivity index (χ0v) is 22.2. The third-order valence-corrected chi connectivity index (χ3v) is 8.94. The highest BCUT2D eigenvalue weighted by atomic mass is 32.2.